The van der Waals surface area contributed by atoms with Gasteiger partial charge in [0.05, 0.1) is 20.3 Å². The molecule has 1 saturated heterocycles. The maximum absolute atomic E-state index is 12.8. The van der Waals surface area contributed by atoms with E-state index < -0.39 is 10.0 Å². The van der Waals surface area contributed by atoms with Gasteiger partial charge in [-0.25, -0.2) is 8.42 Å². The molecule has 2 atom stereocenters. The molecule has 1 aliphatic heterocycles. The molecule has 1 N–H and O–H groups in total. The first-order chi connectivity index (χ1) is 12.8. The van der Waals surface area contributed by atoms with E-state index in [1.807, 2.05) is 25.1 Å². The molecule has 2 aromatic rings. The van der Waals surface area contributed by atoms with Gasteiger partial charge in [-0.05, 0) is 62.7 Å². The minimum atomic E-state index is -3.75. The zero-order chi connectivity index (χ0) is 19.6. The summed E-state index contributed by atoms with van der Waals surface area (Å²) >= 11 is 0. The number of nitrogens with one attached hydrogen (secondary N) is 1. The number of morpholine rings is 1. The number of benzene rings is 2. The van der Waals surface area contributed by atoms with Gasteiger partial charge >= 0.3 is 0 Å². The number of rotatable bonds is 5. The lowest BCUT2D eigenvalue weighted by molar-refractivity contribution is 0.0757. The predicted octanol–water partition coefficient (Wildman–Crippen LogP) is 3.42. The third-order valence-corrected chi connectivity index (χ3v) is 6.10. The molecule has 0 radical (unpaired) electrons. The maximum Gasteiger partial charge on any atom is 0.265 e. The van der Waals surface area contributed by atoms with Crippen LogP contribution in [-0.4, -0.2) is 40.8 Å². The van der Waals surface area contributed by atoms with Crippen molar-refractivity contribution in [3.05, 3.63) is 48.0 Å². The van der Waals surface area contributed by atoms with Crippen molar-refractivity contribution in [2.24, 2.45) is 0 Å². The monoisotopic (exact) mass is 390 g/mol. The van der Waals surface area contributed by atoms with Gasteiger partial charge in [0.1, 0.15) is 10.6 Å². The van der Waals surface area contributed by atoms with Crippen LogP contribution in [0.4, 0.5) is 11.4 Å². The molecule has 146 valence electrons. The van der Waals surface area contributed by atoms with Gasteiger partial charge in [-0.1, -0.05) is 6.07 Å². The third-order valence-electron chi connectivity index (χ3n) is 4.69. The summed E-state index contributed by atoms with van der Waals surface area (Å²) in [6.07, 6.45) is 0. The van der Waals surface area contributed by atoms with Crippen LogP contribution < -0.4 is 14.4 Å². The Morgan fingerprint density at radius 1 is 1.07 bits per heavy atom. The average molecular weight is 391 g/mol. The second-order valence-electron chi connectivity index (χ2n) is 6.95. The Labute approximate surface area is 161 Å². The van der Waals surface area contributed by atoms with Gasteiger partial charge in [-0.3, -0.25) is 4.72 Å². The SMILES string of the molecule is COc1ccc(C)cc1S(=O)(=O)Nc1ccc(N2C(C)COCC2C)cc1. The van der Waals surface area contributed by atoms with E-state index in [1.54, 1.807) is 24.3 Å². The molecule has 3 rings (SSSR count). The first kappa shape index (κ1) is 19.5. The summed E-state index contributed by atoms with van der Waals surface area (Å²) in [5.41, 5.74) is 2.41. The summed E-state index contributed by atoms with van der Waals surface area (Å²) < 4.78 is 39.0. The average Bonchev–Trinajstić information content (AvgIpc) is 2.62. The molecule has 1 fully saturated rings. The van der Waals surface area contributed by atoms with Crippen LogP contribution in [-0.2, 0) is 14.8 Å². The number of hydrogen-bond acceptors (Lipinski definition) is 5. The highest BCUT2D eigenvalue weighted by molar-refractivity contribution is 7.92. The van der Waals surface area contributed by atoms with Crippen molar-refractivity contribution in [3.8, 4) is 5.75 Å². The van der Waals surface area contributed by atoms with E-state index in [1.165, 1.54) is 7.11 Å². The zero-order valence-corrected chi connectivity index (χ0v) is 16.9. The van der Waals surface area contributed by atoms with Crippen molar-refractivity contribution in [2.45, 2.75) is 37.8 Å². The van der Waals surface area contributed by atoms with Gasteiger partial charge in [-0.2, -0.15) is 0 Å². The predicted molar refractivity (Wildman–Crippen MR) is 107 cm³/mol. The van der Waals surface area contributed by atoms with Crippen LogP contribution in [0.3, 0.4) is 0 Å². The second-order valence-corrected chi connectivity index (χ2v) is 8.60. The Hall–Kier alpha value is -2.25. The van der Waals surface area contributed by atoms with Crippen molar-refractivity contribution in [3.63, 3.8) is 0 Å². The molecule has 2 unspecified atom stereocenters. The normalized spacial score (nSPS) is 20.4. The fourth-order valence-electron chi connectivity index (χ4n) is 3.42. The van der Waals surface area contributed by atoms with Gasteiger partial charge in [0.25, 0.3) is 10.0 Å². The molecule has 1 aliphatic rings. The van der Waals surface area contributed by atoms with Gasteiger partial charge in [0.2, 0.25) is 0 Å². The number of ether oxygens (including phenoxy) is 2. The van der Waals surface area contributed by atoms with E-state index in [0.717, 1.165) is 11.3 Å². The molecular weight excluding hydrogens is 364 g/mol. The summed E-state index contributed by atoms with van der Waals surface area (Å²) in [6.45, 7) is 7.46. The Kier molecular flexibility index (Phi) is 5.62. The van der Waals surface area contributed by atoms with E-state index >= 15 is 0 Å². The molecule has 7 heteroatoms. The summed E-state index contributed by atoms with van der Waals surface area (Å²) in [6, 6.07) is 13.1. The highest BCUT2D eigenvalue weighted by Gasteiger charge is 2.26. The summed E-state index contributed by atoms with van der Waals surface area (Å²) in [5.74, 6) is 0.320. The van der Waals surface area contributed by atoms with E-state index in [0.29, 0.717) is 24.7 Å². The molecule has 6 nitrogen and oxygen atoms in total. The van der Waals surface area contributed by atoms with E-state index in [4.69, 9.17) is 9.47 Å². The number of methoxy groups -OCH3 is 1. The van der Waals surface area contributed by atoms with Crippen molar-refractivity contribution in [2.75, 3.05) is 29.9 Å². The minimum absolute atomic E-state index is 0.129. The molecule has 0 saturated carbocycles. The summed E-state index contributed by atoms with van der Waals surface area (Å²) in [5, 5.41) is 0. The topological polar surface area (TPSA) is 67.9 Å². The lowest BCUT2D eigenvalue weighted by Gasteiger charge is -2.40. The molecule has 0 amide bonds. The van der Waals surface area contributed by atoms with E-state index in [2.05, 4.69) is 23.5 Å². The standard InChI is InChI=1S/C20H26N2O4S/c1-14-5-10-19(25-4)20(11-14)27(23,24)21-17-6-8-18(9-7-17)22-15(2)12-26-13-16(22)3/h5-11,15-16,21H,12-13H2,1-4H3. The Morgan fingerprint density at radius 3 is 2.30 bits per heavy atom. The van der Waals surface area contributed by atoms with Crippen molar-refractivity contribution < 1.29 is 17.9 Å². The highest BCUT2D eigenvalue weighted by atomic mass is 32.2. The van der Waals surface area contributed by atoms with E-state index in [9.17, 15) is 8.42 Å². The van der Waals surface area contributed by atoms with Crippen LogP contribution >= 0.6 is 0 Å². The van der Waals surface area contributed by atoms with Crippen LogP contribution in [0.15, 0.2) is 47.4 Å². The molecule has 0 aliphatic carbocycles. The Morgan fingerprint density at radius 2 is 1.70 bits per heavy atom. The molecule has 2 aromatic carbocycles. The highest BCUT2D eigenvalue weighted by Crippen LogP contribution is 2.29. The number of nitrogens with zero attached hydrogens (tertiary/aromatic N) is 1. The molecule has 1 heterocycles. The molecular formula is C20H26N2O4S. The van der Waals surface area contributed by atoms with Crippen LogP contribution in [0, 0.1) is 6.92 Å². The van der Waals surface area contributed by atoms with E-state index in [-0.39, 0.29) is 17.0 Å². The van der Waals surface area contributed by atoms with Gasteiger partial charge < -0.3 is 14.4 Å². The number of hydrogen-bond donors (Lipinski definition) is 1. The summed E-state index contributed by atoms with van der Waals surface area (Å²) in [4.78, 5) is 2.43. The largest absolute Gasteiger partial charge is 0.495 e. The zero-order valence-electron chi connectivity index (χ0n) is 16.1. The van der Waals surface area contributed by atoms with Crippen LogP contribution in [0.5, 0.6) is 5.75 Å². The number of sulfonamides is 1. The van der Waals surface area contributed by atoms with Crippen LogP contribution in [0.1, 0.15) is 19.4 Å². The smallest absolute Gasteiger partial charge is 0.265 e. The molecule has 0 bridgehead atoms. The number of anilines is 2. The minimum Gasteiger partial charge on any atom is -0.495 e. The lowest BCUT2D eigenvalue weighted by Crippen LogP contribution is -2.49. The van der Waals surface area contributed by atoms with Crippen molar-refractivity contribution in [1.29, 1.82) is 0 Å². The molecule has 27 heavy (non-hydrogen) atoms. The quantitative estimate of drug-likeness (QED) is 0.847. The van der Waals surface area contributed by atoms with Crippen molar-refractivity contribution in [1.82, 2.24) is 0 Å². The first-order valence-electron chi connectivity index (χ1n) is 8.95. The van der Waals surface area contributed by atoms with Gasteiger partial charge in [0, 0.05) is 23.5 Å². The Bertz CT molecular complexity index is 887. The van der Waals surface area contributed by atoms with Gasteiger partial charge in [-0.15, -0.1) is 0 Å². The fourth-order valence-corrected chi connectivity index (χ4v) is 4.73. The Balaban J connectivity index is 1.83. The van der Waals surface area contributed by atoms with Crippen LogP contribution in [0.2, 0.25) is 0 Å². The first-order valence-corrected chi connectivity index (χ1v) is 10.4. The second kappa shape index (κ2) is 7.78. The number of aryl methyl sites for hydroxylation is 1. The molecule has 0 aromatic heterocycles. The lowest BCUT2D eigenvalue weighted by atomic mass is 10.1. The maximum atomic E-state index is 12.8. The van der Waals surface area contributed by atoms with Crippen LogP contribution in [0.25, 0.3) is 0 Å². The van der Waals surface area contributed by atoms with Crippen molar-refractivity contribution >= 4 is 21.4 Å². The van der Waals surface area contributed by atoms with Gasteiger partial charge in [0.15, 0.2) is 0 Å². The fraction of sp³-hybridized carbons (Fsp3) is 0.400. The third kappa shape index (κ3) is 4.20. The molecule has 0 spiro atoms. The summed E-state index contributed by atoms with van der Waals surface area (Å²) in [7, 11) is -2.28.